The third-order valence-corrected chi connectivity index (χ3v) is 10.1. The quantitative estimate of drug-likeness (QED) is 0.0155. The third kappa shape index (κ3) is 41.6. The zero-order chi connectivity index (χ0) is 43.0. The Balaban J connectivity index is 4.51. The molecule has 11 heteroatoms. The van der Waals surface area contributed by atoms with Crippen molar-refractivity contribution < 1.29 is 47.2 Å². The van der Waals surface area contributed by atoms with Crippen LogP contribution in [-0.4, -0.2) is 86.1 Å². The zero-order valence-corrected chi connectivity index (χ0v) is 38.0. The number of aliphatic hydroxyl groups excluding tert-OH is 1. The molecule has 0 aromatic heterocycles. The van der Waals surface area contributed by atoms with Crippen LogP contribution in [0.4, 0.5) is 0 Å². The van der Waals surface area contributed by atoms with E-state index >= 15 is 0 Å². The van der Waals surface area contributed by atoms with Gasteiger partial charge in [-0.25, -0.2) is 4.57 Å². The van der Waals surface area contributed by atoms with E-state index in [1.807, 2.05) is 57.6 Å². The van der Waals surface area contributed by atoms with Crippen LogP contribution < -0.4 is 0 Å². The maximum absolute atomic E-state index is 12.7. The van der Waals surface area contributed by atoms with Crippen LogP contribution in [0.3, 0.4) is 0 Å². The summed E-state index contributed by atoms with van der Waals surface area (Å²) in [4.78, 5) is 35.3. The van der Waals surface area contributed by atoms with Crippen molar-refractivity contribution in [3.05, 3.63) is 72.9 Å². The van der Waals surface area contributed by atoms with Gasteiger partial charge in [-0.05, 0) is 44.9 Å². The number of likely N-dealkylation sites (N-methyl/N-ethyl adjacent to an activating group) is 1. The number of rotatable bonds is 39. The first-order chi connectivity index (χ1) is 27.9. The summed E-state index contributed by atoms with van der Waals surface area (Å²) in [5.74, 6) is -0.920. The van der Waals surface area contributed by atoms with Gasteiger partial charge in [0.2, 0.25) is 0 Å². The van der Waals surface area contributed by atoms with Crippen molar-refractivity contribution in [1.29, 1.82) is 0 Å². The molecule has 0 radical (unpaired) electrons. The van der Waals surface area contributed by atoms with Crippen molar-refractivity contribution >= 4 is 19.8 Å². The predicted molar refractivity (Wildman–Crippen MR) is 239 cm³/mol. The molecular formula is C47H83NO9P+. The summed E-state index contributed by atoms with van der Waals surface area (Å²) < 4.78 is 34.2. The maximum atomic E-state index is 12.7. The lowest BCUT2D eigenvalue weighted by molar-refractivity contribution is -0.870. The number of phosphoric acid groups is 1. The highest BCUT2D eigenvalue weighted by atomic mass is 31.2. The van der Waals surface area contributed by atoms with E-state index in [4.69, 9.17) is 18.5 Å². The average molecular weight is 837 g/mol. The lowest BCUT2D eigenvalue weighted by Gasteiger charge is -2.24. The Morgan fingerprint density at radius 2 is 1.19 bits per heavy atom. The summed E-state index contributed by atoms with van der Waals surface area (Å²) in [6.45, 7) is 4.11. The molecule has 0 fully saturated rings. The molecule has 0 saturated heterocycles. The van der Waals surface area contributed by atoms with E-state index in [1.165, 1.54) is 64.2 Å². The van der Waals surface area contributed by atoms with Crippen LogP contribution in [0.2, 0.25) is 0 Å². The molecule has 0 rings (SSSR count). The van der Waals surface area contributed by atoms with Crippen molar-refractivity contribution in [2.24, 2.45) is 0 Å². The average Bonchev–Trinajstić information content (AvgIpc) is 3.17. The molecule has 0 heterocycles. The van der Waals surface area contributed by atoms with Gasteiger partial charge >= 0.3 is 19.8 Å². The Morgan fingerprint density at radius 3 is 1.76 bits per heavy atom. The molecule has 0 aliphatic heterocycles. The number of esters is 2. The minimum Gasteiger partial charge on any atom is -0.462 e. The number of carbonyl (C=O) groups is 2. The fourth-order valence-electron chi connectivity index (χ4n) is 5.59. The molecule has 0 aromatic carbocycles. The van der Waals surface area contributed by atoms with Gasteiger partial charge < -0.3 is 24.0 Å². The molecule has 3 atom stereocenters. The number of nitrogens with zero attached hydrogens (tertiary/aromatic N) is 1. The number of unbranched alkanes of at least 4 members (excludes halogenated alkanes) is 13. The van der Waals surface area contributed by atoms with Crippen LogP contribution in [0.1, 0.15) is 155 Å². The maximum Gasteiger partial charge on any atom is 0.472 e. The first-order valence-corrected chi connectivity index (χ1v) is 23.8. The molecule has 334 valence electrons. The summed E-state index contributed by atoms with van der Waals surface area (Å²) in [5.41, 5.74) is 0. The number of allylic oxidation sites excluding steroid dienone is 10. The Labute approximate surface area is 353 Å². The van der Waals surface area contributed by atoms with Crippen molar-refractivity contribution in [1.82, 2.24) is 0 Å². The van der Waals surface area contributed by atoms with Crippen LogP contribution in [0, 0.1) is 0 Å². The molecular weight excluding hydrogens is 753 g/mol. The topological polar surface area (TPSA) is 129 Å². The second kappa shape index (κ2) is 38.6. The SMILES string of the molecule is CC/C=C\CC(O)/C=C/C=C/C/C=C\C/C=C\C/C=C\CCC(=O)OC[C@H](COP(=O)(O)OCC[N+](C)(C)C)OC(=O)CCCCCCCCCCCCCCCC. The molecule has 0 amide bonds. The first kappa shape index (κ1) is 55.4. The molecule has 0 saturated carbocycles. The highest BCUT2D eigenvalue weighted by molar-refractivity contribution is 7.47. The van der Waals surface area contributed by atoms with E-state index in [1.54, 1.807) is 6.08 Å². The van der Waals surface area contributed by atoms with E-state index < -0.39 is 38.6 Å². The van der Waals surface area contributed by atoms with Gasteiger partial charge in [-0.2, -0.15) is 0 Å². The van der Waals surface area contributed by atoms with Crippen LogP contribution in [-0.2, 0) is 32.7 Å². The monoisotopic (exact) mass is 837 g/mol. The smallest absolute Gasteiger partial charge is 0.462 e. The molecule has 2 N–H and O–H groups in total. The Kier molecular flexibility index (Phi) is 36.9. The largest absolute Gasteiger partial charge is 0.472 e. The molecule has 10 nitrogen and oxygen atoms in total. The van der Waals surface area contributed by atoms with Crippen molar-refractivity contribution in [2.75, 3.05) is 47.5 Å². The van der Waals surface area contributed by atoms with E-state index in [0.717, 1.165) is 44.9 Å². The van der Waals surface area contributed by atoms with E-state index in [9.17, 15) is 24.2 Å². The van der Waals surface area contributed by atoms with E-state index in [0.29, 0.717) is 30.3 Å². The normalized spacial score (nSPS) is 14.8. The second-order valence-corrected chi connectivity index (χ2v) is 17.4. The van der Waals surface area contributed by atoms with Crippen molar-refractivity contribution in [3.8, 4) is 0 Å². The van der Waals surface area contributed by atoms with Gasteiger partial charge in [0.05, 0.1) is 33.9 Å². The van der Waals surface area contributed by atoms with Crippen molar-refractivity contribution in [3.63, 3.8) is 0 Å². The summed E-state index contributed by atoms with van der Waals surface area (Å²) in [5, 5.41) is 9.84. The van der Waals surface area contributed by atoms with Gasteiger partial charge in [0.25, 0.3) is 0 Å². The minimum atomic E-state index is -4.40. The fourth-order valence-corrected chi connectivity index (χ4v) is 6.34. The molecule has 0 aliphatic carbocycles. The molecule has 0 aliphatic rings. The van der Waals surface area contributed by atoms with E-state index in [-0.39, 0.29) is 26.1 Å². The summed E-state index contributed by atoms with van der Waals surface area (Å²) in [6.07, 6.45) is 44.4. The lowest BCUT2D eigenvalue weighted by atomic mass is 10.0. The molecule has 58 heavy (non-hydrogen) atoms. The molecule has 0 bridgehead atoms. The number of hydrogen-bond donors (Lipinski definition) is 2. The van der Waals surface area contributed by atoms with Crippen LogP contribution in [0.5, 0.6) is 0 Å². The van der Waals surface area contributed by atoms with Gasteiger partial charge in [0.1, 0.15) is 19.8 Å². The summed E-state index contributed by atoms with van der Waals surface area (Å²) in [6, 6.07) is 0. The number of phosphoric ester groups is 1. The third-order valence-electron chi connectivity index (χ3n) is 9.09. The number of ether oxygens (including phenoxy) is 2. The van der Waals surface area contributed by atoms with Crippen LogP contribution in [0.15, 0.2) is 72.9 Å². The number of carbonyl (C=O) groups excluding carboxylic acids is 2. The van der Waals surface area contributed by atoms with Crippen LogP contribution in [0.25, 0.3) is 0 Å². The number of aliphatic hydroxyl groups is 1. The van der Waals surface area contributed by atoms with Gasteiger partial charge in [0.15, 0.2) is 6.10 Å². The molecule has 2 unspecified atom stereocenters. The van der Waals surface area contributed by atoms with Gasteiger partial charge in [-0.15, -0.1) is 0 Å². The first-order valence-electron chi connectivity index (χ1n) is 22.3. The number of quaternary nitrogens is 1. The van der Waals surface area contributed by atoms with Gasteiger partial charge in [-0.3, -0.25) is 18.6 Å². The van der Waals surface area contributed by atoms with Gasteiger partial charge in [0, 0.05) is 12.8 Å². The predicted octanol–water partition coefficient (Wildman–Crippen LogP) is 11.6. The summed E-state index contributed by atoms with van der Waals surface area (Å²) in [7, 11) is 1.41. The second-order valence-electron chi connectivity index (χ2n) is 15.9. The van der Waals surface area contributed by atoms with E-state index in [2.05, 4.69) is 44.2 Å². The Morgan fingerprint density at radius 1 is 0.638 bits per heavy atom. The van der Waals surface area contributed by atoms with Crippen molar-refractivity contribution in [2.45, 2.75) is 167 Å². The number of hydrogen-bond acceptors (Lipinski definition) is 8. The molecule has 0 aromatic rings. The highest BCUT2D eigenvalue weighted by Gasteiger charge is 2.27. The highest BCUT2D eigenvalue weighted by Crippen LogP contribution is 2.43. The Hall–Kier alpha value is -2.59. The van der Waals surface area contributed by atoms with Gasteiger partial charge in [-0.1, -0.05) is 170 Å². The van der Waals surface area contributed by atoms with Crippen LogP contribution >= 0.6 is 7.82 Å². The summed E-state index contributed by atoms with van der Waals surface area (Å²) >= 11 is 0. The lowest BCUT2D eigenvalue weighted by Crippen LogP contribution is -2.37. The minimum absolute atomic E-state index is 0.0118. The fraction of sp³-hybridized carbons (Fsp3) is 0.702. The standard InChI is InChI=1S/C47H82NO9P/c1-6-8-10-11-12-13-14-15-18-22-25-28-31-35-39-47(51)57-45(43-56-58(52,53)55-41-40-48(3,4)5)42-54-46(50)38-34-30-27-24-21-19-16-17-20-23-26-29-33-37-44(49)36-32-9-7-2/h9,17,19-21,26-27,29-30,32-33,37,44-45,49H,6-8,10-16,18,22-25,28,31,34-36,38-43H2,1-5H3/p+1/b20-17-,21-19-,29-26+,30-27-,32-9-,37-33+/t44?,45-/m1/s1. The zero-order valence-electron chi connectivity index (χ0n) is 37.1. The Bertz CT molecular complexity index is 1230. The molecule has 0 spiro atoms.